The molecule has 0 spiro atoms. The summed E-state index contributed by atoms with van der Waals surface area (Å²) < 4.78 is 5.36. The van der Waals surface area contributed by atoms with Gasteiger partial charge >= 0.3 is 0 Å². The van der Waals surface area contributed by atoms with E-state index in [4.69, 9.17) is 4.74 Å². The quantitative estimate of drug-likeness (QED) is 0.703. The standard InChI is InChI=1S/C19H22N2O2/c1-3-13-21(15-17-8-4-5-9-18(17)23-2)19(22)11-10-16-7-6-12-20-14-16/h3-9,12,14H,1,10-11,13,15H2,2H3. The van der Waals surface area contributed by atoms with Crippen molar-refractivity contribution >= 4 is 5.91 Å². The molecule has 2 rings (SSSR count). The van der Waals surface area contributed by atoms with E-state index in [1.54, 1.807) is 30.5 Å². The monoisotopic (exact) mass is 310 g/mol. The van der Waals surface area contributed by atoms with Crippen LogP contribution in [0.5, 0.6) is 5.75 Å². The largest absolute Gasteiger partial charge is 0.496 e. The zero-order valence-corrected chi connectivity index (χ0v) is 13.4. The van der Waals surface area contributed by atoms with E-state index in [0.717, 1.165) is 16.9 Å². The van der Waals surface area contributed by atoms with Gasteiger partial charge in [-0.3, -0.25) is 9.78 Å². The van der Waals surface area contributed by atoms with Crippen molar-refractivity contribution in [3.05, 3.63) is 72.6 Å². The maximum absolute atomic E-state index is 12.5. The van der Waals surface area contributed by atoms with E-state index in [2.05, 4.69) is 11.6 Å². The van der Waals surface area contributed by atoms with Gasteiger partial charge in [-0.25, -0.2) is 0 Å². The first-order chi connectivity index (χ1) is 11.2. The first-order valence-electron chi connectivity index (χ1n) is 7.64. The maximum atomic E-state index is 12.5. The Morgan fingerprint density at radius 3 is 2.83 bits per heavy atom. The van der Waals surface area contributed by atoms with Crippen molar-refractivity contribution in [2.45, 2.75) is 19.4 Å². The summed E-state index contributed by atoms with van der Waals surface area (Å²) in [6.07, 6.45) is 6.42. The molecule has 0 radical (unpaired) electrons. The minimum atomic E-state index is 0.0969. The van der Waals surface area contributed by atoms with Crippen molar-refractivity contribution in [1.29, 1.82) is 0 Å². The summed E-state index contributed by atoms with van der Waals surface area (Å²) in [4.78, 5) is 18.4. The van der Waals surface area contributed by atoms with Crippen LogP contribution in [0.2, 0.25) is 0 Å². The zero-order chi connectivity index (χ0) is 16.5. The van der Waals surface area contributed by atoms with Gasteiger partial charge in [-0.2, -0.15) is 0 Å². The Kier molecular flexibility index (Phi) is 6.36. The topological polar surface area (TPSA) is 42.4 Å². The molecule has 4 heteroatoms. The minimum absolute atomic E-state index is 0.0969. The van der Waals surface area contributed by atoms with Crippen LogP contribution in [0.1, 0.15) is 17.5 Å². The minimum Gasteiger partial charge on any atom is -0.496 e. The second-order valence-electron chi connectivity index (χ2n) is 5.24. The molecule has 0 atom stereocenters. The third kappa shape index (κ3) is 4.95. The second-order valence-corrected chi connectivity index (χ2v) is 5.24. The van der Waals surface area contributed by atoms with Crippen molar-refractivity contribution in [3.63, 3.8) is 0 Å². The number of ether oxygens (including phenoxy) is 1. The lowest BCUT2D eigenvalue weighted by molar-refractivity contribution is -0.131. The Labute approximate surface area is 137 Å². The third-order valence-corrected chi connectivity index (χ3v) is 3.61. The smallest absolute Gasteiger partial charge is 0.223 e. The fraction of sp³-hybridized carbons (Fsp3) is 0.263. The van der Waals surface area contributed by atoms with Crippen LogP contribution in [-0.2, 0) is 17.8 Å². The predicted molar refractivity (Wildman–Crippen MR) is 91.2 cm³/mol. The average molecular weight is 310 g/mol. The number of amides is 1. The van der Waals surface area contributed by atoms with Gasteiger partial charge in [0, 0.05) is 37.5 Å². The van der Waals surface area contributed by atoms with Gasteiger partial charge in [0.2, 0.25) is 5.91 Å². The van der Waals surface area contributed by atoms with E-state index >= 15 is 0 Å². The molecule has 120 valence electrons. The molecular weight excluding hydrogens is 288 g/mol. The van der Waals surface area contributed by atoms with Crippen LogP contribution in [0.3, 0.4) is 0 Å². The SMILES string of the molecule is C=CCN(Cc1ccccc1OC)C(=O)CCc1cccnc1. The summed E-state index contributed by atoms with van der Waals surface area (Å²) in [7, 11) is 1.64. The number of nitrogens with zero attached hydrogens (tertiary/aromatic N) is 2. The second kappa shape index (κ2) is 8.73. The van der Waals surface area contributed by atoms with Crippen LogP contribution in [-0.4, -0.2) is 29.4 Å². The molecule has 1 heterocycles. The molecule has 23 heavy (non-hydrogen) atoms. The van der Waals surface area contributed by atoms with Gasteiger partial charge in [-0.1, -0.05) is 30.3 Å². The van der Waals surface area contributed by atoms with Gasteiger partial charge in [0.05, 0.1) is 7.11 Å². The normalized spacial score (nSPS) is 10.1. The number of benzene rings is 1. The lowest BCUT2D eigenvalue weighted by atomic mass is 10.1. The molecule has 0 fully saturated rings. The van der Waals surface area contributed by atoms with E-state index in [0.29, 0.717) is 25.9 Å². The van der Waals surface area contributed by atoms with Gasteiger partial charge < -0.3 is 9.64 Å². The lowest BCUT2D eigenvalue weighted by Gasteiger charge is -2.22. The van der Waals surface area contributed by atoms with Gasteiger partial charge in [0.15, 0.2) is 0 Å². The highest BCUT2D eigenvalue weighted by Crippen LogP contribution is 2.19. The Bertz CT molecular complexity index is 641. The molecule has 0 saturated carbocycles. The van der Waals surface area contributed by atoms with Crippen LogP contribution in [0.4, 0.5) is 0 Å². The van der Waals surface area contributed by atoms with Crippen molar-refractivity contribution in [2.24, 2.45) is 0 Å². The van der Waals surface area contributed by atoms with Gasteiger partial charge in [-0.15, -0.1) is 6.58 Å². The molecule has 1 aromatic carbocycles. The maximum Gasteiger partial charge on any atom is 0.223 e. The summed E-state index contributed by atoms with van der Waals surface area (Å²) in [5.41, 5.74) is 2.06. The van der Waals surface area contributed by atoms with Crippen molar-refractivity contribution < 1.29 is 9.53 Å². The summed E-state index contributed by atoms with van der Waals surface area (Å²) in [6, 6.07) is 11.6. The molecule has 2 aromatic rings. The summed E-state index contributed by atoms with van der Waals surface area (Å²) in [6.45, 7) is 4.78. The van der Waals surface area contributed by atoms with E-state index < -0.39 is 0 Å². The Hall–Kier alpha value is -2.62. The van der Waals surface area contributed by atoms with Crippen LogP contribution in [0.25, 0.3) is 0 Å². The number of carbonyl (C=O) groups is 1. The number of pyridine rings is 1. The highest BCUT2D eigenvalue weighted by Gasteiger charge is 2.14. The fourth-order valence-electron chi connectivity index (χ4n) is 2.40. The number of para-hydroxylation sites is 1. The first kappa shape index (κ1) is 16.7. The number of carbonyl (C=O) groups excluding carboxylic acids is 1. The molecule has 1 aromatic heterocycles. The fourth-order valence-corrected chi connectivity index (χ4v) is 2.40. The van der Waals surface area contributed by atoms with Crippen molar-refractivity contribution in [3.8, 4) is 5.75 Å². The molecule has 0 aliphatic heterocycles. The summed E-state index contributed by atoms with van der Waals surface area (Å²) in [5.74, 6) is 0.890. The molecule has 0 aliphatic carbocycles. The zero-order valence-electron chi connectivity index (χ0n) is 13.4. The molecule has 1 amide bonds. The number of aromatic nitrogens is 1. The van der Waals surface area contributed by atoms with Gasteiger partial charge in [-0.05, 0) is 24.1 Å². The van der Waals surface area contributed by atoms with Crippen molar-refractivity contribution in [2.75, 3.05) is 13.7 Å². The van der Waals surface area contributed by atoms with E-state index in [1.165, 1.54) is 0 Å². The Morgan fingerprint density at radius 1 is 1.30 bits per heavy atom. The number of aryl methyl sites for hydroxylation is 1. The number of hydrogen-bond acceptors (Lipinski definition) is 3. The van der Waals surface area contributed by atoms with Crippen LogP contribution in [0.15, 0.2) is 61.4 Å². The van der Waals surface area contributed by atoms with Gasteiger partial charge in [0.1, 0.15) is 5.75 Å². The average Bonchev–Trinajstić information content (AvgIpc) is 2.60. The molecule has 0 N–H and O–H groups in total. The highest BCUT2D eigenvalue weighted by molar-refractivity contribution is 5.76. The lowest BCUT2D eigenvalue weighted by Crippen LogP contribution is -2.31. The van der Waals surface area contributed by atoms with E-state index in [-0.39, 0.29) is 5.91 Å². The highest BCUT2D eigenvalue weighted by atomic mass is 16.5. The molecule has 0 aliphatic rings. The summed E-state index contributed by atoms with van der Waals surface area (Å²) >= 11 is 0. The van der Waals surface area contributed by atoms with Crippen molar-refractivity contribution in [1.82, 2.24) is 9.88 Å². The van der Waals surface area contributed by atoms with Crippen LogP contribution < -0.4 is 4.74 Å². The third-order valence-electron chi connectivity index (χ3n) is 3.61. The first-order valence-corrected chi connectivity index (χ1v) is 7.64. The summed E-state index contributed by atoms with van der Waals surface area (Å²) in [5, 5.41) is 0. The molecular formula is C19H22N2O2. The molecule has 4 nitrogen and oxygen atoms in total. The number of rotatable bonds is 8. The van der Waals surface area contributed by atoms with E-state index in [9.17, 15) is 4.79 Å². The molecule has 0 bridgehead atoms. The predicted octanol–water partition coefficient (Wildman–Crippen LogP) is 3.24. The van der Waals surface area contributed by atoms with E-state index in [1.807, 2.05) is 36.4 Å². The van der Waals surface area contributed by atoms with Crippen LogP contribution >= 0.6 is 0 Å². The number of methoxy groups -OCH3 is 1. The molecule has 0 unspecified atom stereocenters. The Balaban J connectivity index is 2.02. The van der Waals surface area contributed by atoms with Gasteiger partial charge in [0.25, 0.3) is 0 Å². The van der Waals surface area contributed by atoms with Crippen LogP contribution in [0, 0.1) is 0 Å². The number of hydrogen-bond donors (Lipinski definition) is 0. The Morgan fingerprint density at radius 2 is 2.13 bits per heavy atom. The molecule has 0 saturated heterocycles.